The summed E-state index contributed by atoms with van der Waals surface area (Å²) >= 11 is 0. The van der Waals surface area contributed by atoms with Gasteiger partial charge in [-0.15, -0.1) is 12.3 Å². The number of nitrogens with zero attached hydrogens (tertiary/aromatic N) is 1. The Kier molecular flexibility index (Phi) is 6.37. The Morgan fingerprint density at radius 1 is 1.38 bits per heavy atom. The first kappa shape index (κ1) is 19.5. The largest absolute Gasteiger partial charge is 0.461 e. The summed E-state index contributed by atoms with van der Waals surface area (Å²) in [5, 5.41) is 9.08. The highest BCUT2D eigenvalue weighted by Gasteiger charge is 2.27. The number of nitrogens with one attached hydrogen (secondary N) is 1. The number of nitriles is 1. The van der Waals surface area contributed by atoms with Crippen molar-refractivity contribution < 1.29 is 9.53 Å². The molecule has 0 bridgehead atoms. The van der Waals surface area contributed by atoms with Crippen LogP contribution in [0, 0.1) is 42.9 Å². The Bertz CT molecular complexity index is 755. The SMILES string of the molecule is C#CC[C@H](OC(=O)CCc1c(C)[nH]c(=O)c(C#N)c1C)C(C)(C)C. The molecular weight excluding hydrogens is 304 g/mol. The van der Waals surface area contributed by atoms with Crippen LogP contribution in [0.25, 0.3) is 0 Å². The minimum absolute atomic E-state index is 0.0869. The molecule has 1 heterocycles. The number of pyridine rings is 1. The molecule has 0 radical (unpaired) electrons. The predicted molar refractivity (Wildman–Crippen MR) is 92.4 cm³/mol. The second kappa shape index (κ2) is 7.84. The summed E-state index contributed by atoms with van der Waals surface area (Å²) in [6, 6.07) is 1.91. The average Bonchev–Trinajstić information content (AvgIpc) is 2.45. The number of H-pyrrole nitrogens is 1. The molecule has 0 saturated heterocycles. The van der Waals surface area contributed by atoms with E-state index >= 15 is 0 Å². The lowest BCUT2D eigenvalue weighted by Crippen LogP contribution is -2.31. The first-order valence-corrected chi connectivity index (χ1v) is 7.87. The van der Waals surface area contributed by atoms with Crippen LogP contribution in [0.4, 0.5) is 0 Å². The van der Waals surface area contributed by atoms with Crippen LogP contribution < -0.4 is 5.56 Å². The lowest BCUT2D eigenvalue weighted by molar-refractivity contribution is -0.154. The van der Waals surface area contributed by atoms with Gasteiger partial charge in [0, 0.05) is 18.5 Å². The minimum Gasteiger partial charge on any atom is -0.461 e. The van der Waals surface area contributed by atoms with Gasteiger partial charge in [0.1, 0.15) is 17.7 Å². The van der Waals surface area contributed by atoms with Crippen molar-refractivity contribution in [2.45, 2.75) is 60.0 Å². The average molecular weight is 328 g/mol. The normalized spacial score (nSPS) is 12.1. The van der Waals surface area contributed by atoms with E-state index in [1.165, 1.54) is 0 Å². The van der Waals surface area contributed by atoms with E-state index in [1.54, 1.807) is 13.8 Å². The van der Waals surface area contributed by atoms with E-state index in [0.717, 1.165) is 5.56 Å². The first-order chi connectivity index (χ1) is 11.1. The van der Waals surface area contributed by atoms with Gasteiger partial charge in [0.05, 0.1) is 0 Å². The number of hydrogen-bond donors (Lipinski definition) is 1. The summed E-state index contributed by atoms with van der Waals surface area (Å²) in [6.45, 7) is 9.39. The lowest BCUT2D eigenvalue weighted by Gasteiger charge is -2.29. The fraction of sp³-hybridized carbons (Fsp3) is 0.526. The molecule has 5 nitrogen and oxygen atoms in total. The van der Waals surface area contributed by atoms with Crippen molar-refractivity contribution in [2.24, 2.45) is 5.41 Å². The first-order valence-electron chi connectivity index (χ1n) is 7.87. The van der Waals surface area contributed by atoms with Crippen molar-refractivity contribution in [3.8, 4) is 18.4 Å². The predicted octanol–water partition coefficient (Wildman–Crippen LogP) is 2.78. The van der Waals surface area contributed by atoms with Crippen LogP contribution in [0.15, 0.2) is 4.79 Å². The minimum atomic E-state index is -0.402. The molecule has 1 N–H and O–H groups in total. The summed E-state index contributed by atoms with van der Waals surface area (Å²) in [4.78, 5) is 26.5. The topological polar surface area (TPSA) is 83.0 Å². The van der Waals surface area contributed by atoms with E-state index in [0.29, 0.717) is 24.1 Å². The maximum atomic E-state index is 12.2. The van der Waals surface area contributed by atoms with Crippen LogP contribution in [-0.4, -0.2) is 17.1 Å². The van der Waals surface area contributed by atoms with Crippen molar-refractivity contribution in [3.05, 3.63) is 32.7 Å². The third-order valence-electron chi connectivity index (χ3n) is 4.04. The summed E-state index contributed by atoms with van der Waals surface area (Å²) in [7, 11) is 0. The second-order valence-corrected chi connectivity index (χ2v) is 6.92. The number of ether oxygens (including phenoxy) is 1. The molecule has 0 amide bonds. The highest BCUT2D eigenvalue weighted by molar-refractivity contribution is 5.70. The number of carbonyl (C=O) groups excluding carboxylic acids is 1. The Morgan fingerprint density at radius 3 is 2.50 bits per heavy atom. The van der Waals surface area contributed by atoms with Crippen molar-refractivity contribution >= 4 is 5.97 Å². The third-order valence-corrected chi connectivity index (χ3v) is 4.04. The van der Waals surface area contributed by atoms with Gasteiger partial charge in [-0.2, -0.15) is 5.26 Å². The number of terminal acetylenes is 1. The summed E-state index contributed by atoms with van der Waals surface area (Å²) in [6.07, 6.45) is 5.93. The zero-order valence-corrected chi connectivity index (χ0v) is 14.9. The van der Waals surface area contributed by atoms with E-state index in [9.17, 15) is 9.59 Å². The third kappa shape index (κ3) is 4.73. The number of esters is 1. The van der Waals surface area contributed by atoms with Gasteiger partial charge >= 0.3 is 5.97 Å². The van der Waals surface area contributed by atoms with Crippen LogP contribution in [0.3, 0.4) is 0 Å². The van der Waals surface area contributed by atoms with E-state index in [4.69, 9.17) is 16.4 Å². The lowest BCUT2D eigenvalue weighted by atomic mass is 9.87. The van der Waals surface area contributed by atoms with Crippen LogP contribution in [0.5, 0.6) is 0 Å². The van der Waals surface area contributed by atoms with Crippen LogP contribution in [-0.2, 0) is 16.0 Å². The number of aromatic nitrogens is 1. The molecule has 0 aliphatic carbocycles. The van der Waals surface area contributed by atoms with Crippen molar-refractivity contribution in [3.63, 3.8) is 0 Å². The zero-order chi connectivity index (χ0) is 18.5. The van der Waals surface area contributed by atoms with Crippen molar-refractivity contribution in [2.75, 3.05) is 0 Å². The van der Waals surface area contributed by atoms with Gasteiger partial charge in [0.2, 0.25) is 0 Å². The number of hydrogen-bond acceptors (Lipinski definition) is 4. The molecule has 0 spiro atoms. The molecule has 5 heteroatoms. The second-order valence-electron chi connectivity index (χ2n) is 6.92. The number of carbonyl (C=O) groups is 1. The highest BCUT2D eigenvalue weighted by atomic mass is 16.5. The van der Waals surface area contributed by atoms with Gasteiger partial charge in [-0.1, -0.05) is 20.8 Å². The van der Waals surface area contributed by atoms with E-state index < -0.39 is 5.56 Å². The zero-order valence-electron chi connectivity index (χ0n) is 14.9. The van der Waals surface area contributed by atoms with Crippen LogP contribution >= 0.6 is 0 Å². The fourth-order valence-electron chi connectivity index (χ4n) is 2.50. The highest BCUT2D eigenvalue weighted by Crippen LogP contribution is 2.25. The van der Waals surface area contributed by atoms with Crippen LogP contribution in [0.2, 0.25) is 0 Å². The van der Waals surface area contributed by atoms with Gasteiger partial charge in [-0.25, -0.2) is 0 Å². The van der Waals surface area contributed by atoms with E-state index in [1.807, 2.05) is 26.8 Å². The molecule has 1 rings (SSSR count). The van der Waals surface area contributed by atoms with Crippen molar-refractivity contribution in [1.29, 1.82) is 5.26 Å². The van der Waals surface area contributed by atoms with E-state index in [-0.39, 0.29) is 29.5 Å². The molecule has 1 aromatic heterocycles. The Morgan fingerprint density at radius 2 is 2.00 bits per heavy atom. The monoisotopic (exact) mass is 328 g/mol. The molecule has 0 aliphatic heterocycles. The molecule has 0 saturated carbocycles. The molecule has 0 fully saturated rings. The van der Waals surface area contributed by atoms with Gasteiger partial charge in [-0.3, -0.25) is 9.59 Å². The Hall–Kier alpha value is -2.53. The molecule has 128 valence electrons. The van der Waals surface area contributed by atoms with Crippen LogP contribution in [0.1, 0.15) is 56.0 Å². The Labute approximate surface area is 143 Å². The maximum absolute atomic E-state index is 12.2. The molecule has 1 atom stereocenters. The number of aromatic amines is 1. The molecule has 24 heavy (non-hydrogen) atoms. The summed E-state index contributed by atoms with van der Waals surface area (Å²) in [5.41, 5.74) is 1.53. The van der Waals surface area contributed by atoms with Gasteiger partial charge < -0.3 is 9.72 Å². The van der Waals surface area contributed by atoms with E-state index in [2.05, 4.69) is 10.9 Å². The quantitative estimate of drug-likeness (QED) is 0.665. The molecular formula is C19H24N2O3. The maximum Gasteiger partial charge on any atom is 0.306 e. The standard InChI is InChI=1S/C19H24N2O3/c1-7-8-16(19(4,5)6)24-17(22)10-9-14-12(2)15(11-20)18(23)21-13(14)3/h1,16H,8-10H2,2-6H3,(H,21,23)/t16-/m0/s1. The molecule has 1 aromatic rings. The van der Waals surface area contributed by atoms with Crippen molar-refractivity contribution in [1.82, 2.24) is 4.98 Å². The number of rotatable bonds is 5. The molecule has 0 aromatic carbocycles. The fourth-order valence-corrected chi connectivity index (χ4v) is 2.50. The summed E-state index contributed by atoms with van der Waals surface area (Å²) in [5.74, 6) is 2.20. The Balaban J connectivity index is 2.87. The van der Waals surface area contributed by atoms with Gasteiger partial charge in [0.25, 0.3) is 5.56 Å². The van der Waals surface area contributed by atoms with Gasteiger partial charge in [0.15, 0.2) is 0 Å². The van der Waals surface area contributed by atoms with Gasteiger partial charge in [-0.05, 0) is 36.8 Å². The smallest absolute Gasteiger partial charge is 0.306 e. The molecule has 0 unspecified atom stereocenters. The number of aryl methyl sites for hydroxylation is 1. The molecule has 0 aliphatic rings. The summed E-state index contributed by atoms with van der Waals surface area (Å²) < 4.78 is 5.52.